The monoisotopic (exact) mass is 466 g/mol. The van der Waals surface area contributed by atoms with Crippen molar-refractivity contribution in [1.29, 1.82) is 0 Å². The highest BCUT2D eigenvalue weighted by Crippen LogP contribution is 2.24. The number of anilines is 4. The lowest BCUT2D eigenvalue weighted by Gasteiger charge is -2.11. The molecular weight excluding hydrogens is 443 g/mol. The zero-order valence-corrected chi connectivity index (χ0v) is 19.2. The first-order valence-electron chi connectivity index (χ1n) is 10.5. The molecule has 0 radical (unpaired) electrons. The minimum Gasteiger partial charge on any atom is -0.384 e. The summed E-state index contributed by atoms with van der Waals surface area (Å²) < 4.78 is 0. The fourth-order valence-electron chi connectivity index (χ4n) is 3.34. The van der Waals surface area contributed by atoms with E-state index in [1.165, 1.54) is 0 Å². The topological polar surface area (TPSA) is 74.8 Å². The second-order valence-electron chi connectivity index (χ2n) is 7.43. The van der Waals surface area contributed by atoms with Gasteiger partial charge in [-0.25, -0.2) is 4.98 Å². The van der Waals surface area contributed by atoms with Gasteiger partial charge in [-0.1, -0.05) is 23.2 Å². The van der Waals surface area contributed by atoms with Crippen LogP contribution in [0, 0.1) is 6.92 Å². The maximum absolute atomic E-state index is 6.06. The van der Waals surface area contributed by atoms with Crippen molar-refractivity contribution in [2.75, 3.05) is 29.0 Å². The first kappa shape index (κ1) is 22.1. The molecule has 0 fully saturated rings. The van der Waals surface area contributed by atoms with Crippen molar-refractivity contribution in [2.24, 2.45) is 0 Å². The van der Waals surface area contributed by atoms with E-state index in [1.807, 2.05) is 61.5 Å². The van der Waals surface area contributed by atoms with Crippen LogP contribution in [0.3, 0.4) is 0 Å². The lowest BCUT2D eigenvalue weighted by atomic mass is 10.2. The van der Waals surface area contributed by atoms with Crippen LogP contribution in [0.2, 0.25) is 10.0 Å². The van der Waals surface area contributed by atoms with Crippen molar-refractivity contribution in [3.63, 3.8) is 0 Å². The van der Waals surface area contributed by atoms with E-state index in [9.17, 15) is 0 Å². The van der Waals surface area contributed by atoms with Gasteiger partial charge in [-0.2, -0.15) is 4.98 Å². The van der Waals surface area contributed by atoms with Crippen molar-refractivity contribution < 1.29 is 0 Å². The van der Waals surface area contributed by atoms with E-state index in [1.54, 1.807) is 6.20 Å². The molecule has 3 N–H and O–H groups in total. The maximum Gasteiger partial charge on any atom is 0.224 e. The quantitative estimate of drug-likeness (QED) is 0.238. The number of rotatable bonds is 9. The summed E-state index contributed by atoms with van der Waals surface area (Å²) in [6.07, 6.45) is 3.79. The van der Waals surface area contributed by atoms with E-state index in [0.717, 1.165) is 59.7 Å². The normalized spacial score (nSPS) is 10.8. The molecule has 0 saturated heterocycles. The Hall–Kier alpha value is -3.09. The third-order valence-electron chi connectivity index (χ3n) is 4.88. The van der Waals surface area contributed by atoms with Crippen LogP contribution in [-0.4, -0.2) is 28.0 Å². The number of aromatic nitrogens is 3. The summed E-state index contributed by atoms with van der Waals surface area (Å²) in [6, 6.07) is 17.2. The van der Waals surface area contributed by atoms with E-state index < -0.39 is 0 Å². The molecule has 164 valence electrons. The summed E-state index contributed by atoms with van der Waals surface area (Å²) >= 11 is 12.0. The number of nitrogens with zero attached hydrogens (tertiary/aromatic N) is 3. The minimum atomic E-state index is 0.617. The van der Waals surface area contributed by atoms with Gasteiger partial charge < -0.3 is 16.0 Å². The summed E-state index contributed by atoms with van der Waals surface area (Å²) in [6.45, 7) is 3.61. The smallest absolute Gasteiger partial charge is 0.224 e. The van der Waals surface area contributed by atoms with Crippen LogP contribution < -0.4 is 16.0 Å². The van der Waals surface area contributed by atoms with Crippen LogP contribution in [0.25, 0.3) is 10.9 Å². The Morgan fingerprint density at radius 2 is 1.56 bits per heavy atom. The third kappa shape index (κ3) is 5.99. The van der Waals surface area contributed by atoms with E-state index >= 15 is 0 Å². The number of fused-ring (bicyclic) bond motifs is 1. The average molecular weight is 467 g/mol. The molecule has 4 aromatic rings. The Labute approximate surface area is 197 Å². The van der Waals surface area contributed by atoms with Gasteiger partial charge in [-0.05, 0) is 68.3 Å². The molecule has 6 nitrogen and oxygen atoms in total. The first-order chi connectivity index (χ1) is 15.6. The molecule has 0 bridgehead atoms. The largest absolute Gasteiger partial charge is 0.384 e. The molecule has 0 aliphatic rings. The molecule has 0 aliphatic heterocycles. The number of hydrogen-bond acceptors (Lipinski definition) is 6. The van der Waals surface area contributed by atoms with Gasteiger partial charge in [0.15, 0.2) is 0 Å². The standard InChI is InChI=1S/C24H24Cl2N6/c1-16-14-23(31-19-7-4-17(25)5-8-19)32-24(30-16)29-12-3-2-11-27-21-10-13-28-22-15-18(26)6-9-20(21)22/h4-10,13-15H,2-3,11-12H2,1H3,(H,27,28)(H2,29,30,31,32). The molecule has 0 atom stereocenters. The lowest BCUT2D eigenvalue weighted by molar-refractivity contribution is 0.790. The molecule has 4 rings (SSSR count). The number of hydrogen-bond donors (Lipinski definition) is 3. The molecule has 2 heterocycles. The van der Waals surface area contributed by atoms with Crippen molar-refractivity contribution in [1.82, 2.24) is 15.0 Å². The number of pyridine rings is 1. The lowest BCUT2D eigenvalue weighted by Crippen LogP contribution is -2.10. The average Bonchev–Trinajstić information content (AvgIpc) is 2.77. The number of unbranched alkanes of at least 4 members (excludes halogenated alkanes) is 1. The zero-order chi connectivity index (χ0) is 22.3. The van der Waals surface area contributed by atoms with E-state index in [-0.39, 0.29) is 0 Å². The number of aryl methyl sites for hydroxylation is 1. The molecule has 8 heteroatoms. The Balaban J connectivity index is 1.25. The van der Waals surface area contributed by atoms with Gasteiger partial charge in [0.2, 0.25) is 5.95 Å². The fourth-order valence-corrected chi connectivity index (χ4v) is 3.63. The summed E-state index contributed by atoms with van der Waals surface area (Å²) in [4.78, 5) is 13.4. The van der Waals surface area contributed by atoms with Gasteiger partial charge >= 0.3 is 0 Å². The van der Waals surface area contributed by atoms with Crippen molar-refractivity contribution >= 4 is 57.2 Å². The Morgan fingerprint density at radius 1 is 0.812 bits per heavy atom. The fraction of sp³-hybridized carbons (Fsp3) is 0.208. The highest BCUT2D eigenvalue weighted by Gasteiger charge is 2.04. The number of halogens is 2. The summed E-state index contributed by atoms with van der Waals surface area (Å²) in [5, 5.41) is 12.6. The van der Waals surface area contributed by atoms with Gasteiger partial charge in [0.1, 0.15) is 5.82 Å². The van der Waals surface area contributed by atoms with Crippen LogP contribution in [-0.2, 0) is 0 Å². The Kier molecular flexibility index (Phi) is 7.24. The molecular formula is C24H24Cl2N6. The van der Waals surface area contributed by atoms with Crippen molar-refractivity contribution in [3.05, 3.63) is 76.5 Å². The van der Waals surface area contributed by atoms with Gasteiger partial charge in [-0.3, -0.25) is 4.98 Å². The molecule has 0 amide bonds. The summed E-state index contributed by atoms with van der Waals surface area (Å²) in [5.41, 5.74) is 3.78. The van der Waals surface area contributed by atoms with Crippen LogP contribution in [0.5, 0.6) is 0 Å². The SMILES string of the molecule is Cc1cc(Nc2ccc(Cl)cc2)nc(NCCCCNc2ccnc3cc(Cl)ccc23)n1. The second kappa shape index (κ2) is 10.5. The molecule has 2 aromatic carbocycles. The van der Waals surface area contributed by atoms with Crippen molar-refractivity contribution in [3.8, 4) is 0 Å². The van der Waals surface area contributed by atoms with Crippen LogP contribution in [0.15, 0.2) is 60.8 Å². The maximum atomic E-state index is 6.06. The van der Waals surface area contributed by atoms with E-state index in [4.69, 9.17) is 23.2 Å². The van der Waals surface area contributed by atoms with Crippen molar-refractivity contribution in [2.45, 2.75) is 19.8 Å². The summed E-state index contributed by atoms with van der Waals surface area (Å²) in [5.74, 6) is 1.36. The van der Waals surface area contributed by atoms with Gasteiger partial charge in [-0.15, -0.1) is 0 Å². The minimum absolute atomic E-state index is 0.617. The molecule has 32 heavy (non-hydrogen) atoms. The molecule has 0 saturated carbocycles. The predicted molar refractivity (Wildman–Crippen MR) is 134 cm³/mol. The number of benzene rings is 2. The predicted octanol–water partition coefficient (Wildman–Crippen LogP) is 6.69. The van der Waals surface area contributed by atoms with Gasteiger partial charge in [0, 0.05) is 57.9 Å². The Morgan fingerprint density at radius 3 is 2.38 bits per heavy atom. The third-order valence-corrected chi connectivity index (χ3v) is 5.36. The highest BCUT2D eigenvalue weighted by atomic mass is 35.5. The van der Waals surface area contributed by atoms with Gasteiger partial charge in [0.05, 0.1) is 5.52 Å². The van der Waals surface area contributed by atoms with Crippen LogP contribution in [0.1, 0.15) is 18.5 Å². The number of nitrogens with one attached hydrogen (secondary N) is 3. The molecule has 2 aromatic heterocycles. The molecule has 0 spiro atoms. The first-order valence-corrected chi connectivity index (χ1v) is 11.2. The summed E-state index contributed by atoms with van der Waals surface area (Å²) in [7, 11) is 0. The second-order valence-corrected chi connectivity index (χ2v) is 8.30. The zero-order valence-electron chi connectivity index (χ0n) is 17.7. The van der Waals surface area contributed by atoms with E-state index in [2.05, 4.69) is 30.9 Å². The highest BCUT2D eigenvalue weighted by molar-refractivity contribution is 6.31. The van der Waals surface area contributed by atoms with Crippen LogP contribution in [0.4, 0.5) is 23.1 Å². The van der Waals surface area contributed by atoms with Crippen LogP contribution >= 0.6 is 23.2 Å². The van der Waals surface area contributed by atoms with E-state index in [0.29, 0.717) is 16.0 Å². The Bertz CT molecular complexity index is 1200. The van der Waals surface area contributed by atoms with Gasteiger partial charge in [0.25, 0.3) is 0 Å². The molecule has 0 aliphatic carbocycles. The molecule has 0 unspecified atom stereocenters.